The number of amides is 1. The molecule has 1 unspecified atom stereocenters. The maximum Gasteiger partial charge on any atom is 0.244 e. The number of carbonyl (C=O) groups is 1. The summed E-state index contributed by atoms with van der Waals surface area (Å²) in [6.45, 7) is 3.77. The summed E-state index contributed by atoms with van der Waals surface area (Å²) in [5, 5.41) is 2.93. The van der Waals surface area contributed by atoms with Crippen molar-refractivity contribution in [3.63, 3.8) is 0 Å². The van der Waals surface area contributed by atoms with E-state index in [4.69, 9.17) is 4.74 Å². The van der Waals surface area contributed by atoms with Gasteiger partial charge in [-0.15, -0.1) is 0 Å². The minimum absolute atomic E-state index is 0.194. The molecule has 2 aliphatic heterocycles. The summed E-state index contributed by atoms with van der Waals surface area (Å²) in [5.74, 6) is -0.112. The van der Waals surface area contributed by atoms with E-state index in [1.165, 1.54) is 22.5 Å². The molecule has 0 saturated carbocycles. The zero-order valence-electron chi connectivity index (χ0n) is 18.3. The Labute approximate surface area is 193 Å². The summed E-state index contributed by atoms with van der Waals surface area (Å²) >= 11 is 0. The Morgan fingerprint density at radius 3 is 2.45 bits per heavy atom. The molecular formula is C24H28FN3O4S. The third-order valence-electron chi connectivity index (χ3n) is 5.96. The van der Waals surface area contributed by atoms with Crippen LogP contribution in [-0.2, 0) is 19.6 Å². The van der Waals surface area contributed by atoms with Gasteiger partial charge in [0, 0.05) is 44.5 Å². The van der Waals surface area contributed by atoms with Crippen molar-refractivity contribution in [2.45, 2.75) is 11.3 Å². The Hall–Kier alpha value is -2.75. The number of nitrogens with zero attached hydrogens (tertiary/aromatic N) is 2. The zero-order chi connectivity index (χ0) is 23.3. The fourth-order valence-electron chi connectivity index (χ4n) is 4.05. The quantitative estimate of drug-likeness (QED) is 0.626. The van der Waals surface area contributed by atoms with Gasteiger partial charge in [-0.2, -0.15) is 4.31 Å². The highest BCUT2D eigenvalue weighted by Crippen LogP contribution is 2.23. The molecule has 0 aliphatic carbocycles. The van der Waals surface area contributed by atoms with Gasteiger partial charge in [-0.05, 0) is 60.4 Å². The maximum absolute atomic E-state index is 13.1. The number of morpholine rings is 1. The van der Waals surface area contributed by atoms with Gasteiger partial charge < -0.3 is 15.0 Å². The number of sulfonamides is 1. The molecule has 0 aromatic heterocycles. The molecule has 2 saturated heterocycles. The van der Waals surface area contributed by atoms with Gasteiger partial charge in [0.25, 0.3) is 0 Å². The Morgan fingerprint density at radius 2 is 1.76 bits per heavy atom. The third-order valence-corrected chi connectivity index (χ3v) is 7.87. The highest BCUT2D eigenvalue weighted by molar-refractivity contribution is 7.89. The maximum atomic E-state index is 13.1. The molecule has 2 aromatic carbocycles. The van der Waals surface area contributed by atoms with Crippen LogP contribution >= 0.6 is 0 Å². The zero-order valence-corrected chi connectivity index (χ0v) is 19.1. The van der Waals surface area contributed by atoms with Crippen LogP contribution in [0.2, 0.25) is 0 Å². The van der Waals surface area contributed by atoms with Crippen LogP contribution < -0.4 is 10.2 Å². The van der Waals surface area contributed by atoms with Gasteiger partial charge in [0.1, 0.15) is 5.82 Å². The lowest BCUT2D eigenvalue weighted by Crippen LogP contribution is -2.40. The van der Waals surface area contributed by atoms with Crippen LogP contribution in [0.5, 0.6) is 0 Å². The molecule has 9 heteroatoms. The van der Waals surface area contributed by atoms with Gasteiger partial charge in [-0.3, -0.25) is 4.79 Å². The number of benzene rings is 2. The van der Waals surface area contributed by atoms with Crippen LogP contribution in [0, 0.1) is 11.7 Å². The molecule has 2 aromatic rings. The van der Waals surface area contributed by atoms with E-state index in [0.717, 1.165) is 30.8 Å². The van der Waals surface area contributed by atoms with Crippen molar-refractivity contribution < 1.29 is 22.3 Å². The molecule has 176 valence electrons. The molecule has 2 fully saturated rings. The van der Waals surface area contributed by atoms with Gasteiger partial charge in [0.2, 0.25) is 15.9 Å². The molecule has 2 heterocycles. The second-order valence-electron chi connectivity index (χ2n) is 8.24. The van der Waals surface area contributed by atoms with E-state index in [-0.39, 0.29) is 16.6 Å². The second-order valence-corrected chi connectivity index (χ2v) is 10.2. The fraction of sp³-hybridized carbons (Fsp3) is 0.375. The van der Waals surface area contributed by atoms with Crippen LogP contribution in [-0.4, -0.2) is 64.6 Å². The van der Waals surface area contributed by atoms with E-state index in [0.29, 0.717) is 38.8 Å². The van der Waals surface area contributed by atoms with Crippen LogP contribution in [0.3, 0.4) is 0 Å². The predicted octanol–water partition coefficient (Wildman–Crippen LogP) is 2.50. The van der Waals surface area contributed by atoms with Crippen LogP contribution in [0.4, 0.5) is 10.1 Å². The molecule has 0 spiro atoms. The normalized spacial score (nSPS) is 19.8. The predicted molar refractivity (Wildman–Crippen MR) is 125 cm³/mol. The molecule has 1 N–H and O–H groups in total. The van der Waals surface area contributed by atoms with E-state index < -0.39 is 10.0 Å². The number of anilines is 1. The van der Waals surface area contributed by atoms with Crippen molar-refractivity contribution in [1.82, 2.24) is 9.62 Å². The molecule has 1 amide bonds. The fourth-order valence-corrected chi connectivity index (χ4v) is 5.46. The number of nitrogens with one attached hydrogen (secondary N) is 1. The molecule has 1 atom stereocenters. The van der Waals surface area contributed by atoms with Gasteiger partial charge >= 0.3 is 0 Å². The van der Waals surface area contributed by atoms with Crippen molar-refractivity contribution in [3.05, 3.63) is 66.0 Å². The lowest BCUT2D eigenvalue weighted by atomic mass is 10.1. The SMILES string of the molecule is O=C(/C=C/c1ccc(S(=O)(=O)N2CCOCC2)cc1)NCC1CCN(c2ccc(F)cc2)C1. The van der Waals surface area contributed by atoms with E-state index in [1.807, 2.05) is 0 Å². The standard InChI is InChI=1S/C24H28FN3O4S/c25-21-4-6-22(7-5-21)27-12-11-20(18-27)17-26-24(29)10-3-19-1-8-23(9-2-19)33(30,31)28-13-15-32-16-14-28/h1-10,20H,11-18H2,(H,26,29)/b10-3+. The van der Waals surface area contributed by atoms with Crippen molar-refractivity contribution >= 4 is 27.7 Å². The lowest BCUT2D eigenvalue weighted by Gasteiger charge is -2.26. The summed E-state index contributed by atoms with van der Waals surface area (Å²) < 4.78 is 45.1. The number of halogens is 1. The number of rotatable bonds is 7. The topological polar surface area (TPSA) is 79.0 Å². The largest absolute Gasteiger partial charge is 0.379 e. The molecule has 33 heavy (non-hydrogen) atoms. The molecular weight excluding hydrogens is 445 g/mol. The van der Waals surface area contributed by atoms with Crippen molar-refractivity contribution in [1.29, 1.82) is 0 Å². The Kier molecular flexibility index (Phi) is 7.42. The Balaban J connectivity index is 1.25. The highest BCUT2D eigenvalue weighted by Gasteiger charge is 2.26. The first kappa shape index (κ1) is 23.4. The van der Waals surface area contributed by atoms with Gasteiger partial charge in [-0.1, -0.05) is 12.1 Å². The lowest BCUT2D eigenvalue weighted by molar-refractivity contribution is -0.116. The summed E-state index contributed by atoms with van der Waals surface area (Å²) in [6, 6.07) is 13.0. The summed E-state index contributed by atoms with van der Waals surface area (Å²) in [7, 11) is -3.53. The van der Waals surface area contributed by atoms with E-state index >= 15 is 0 Å². The first-order chi connectivity index (χ1) is 15.9. The van der Waals surface area contributed by atoms with Crippen molar-refractivity contribution in [2.24, 2.45) is 5.92 Å². The highest BCUT2D eigenvalue weighted by atomic mass is 32.2. The smallest absolute Gasteiger partial charge is 0.244 e. The number of hydrogen-bond donors (Lipinski definition) is 1. The monoisotopic (exact) mass is 473 g/mol. The van der Waals surface area contributed by atoms with Gasteiger partial charge in [0.15, 0.2) is 0 Å². The van der Waals surface area contributed by atoms with E-state index in [1.54, 1.807) is 42.5 Å². The molecule has 0 bridgehead atoms. The van der Waals surface area contributed by atoms with Crippen LogP contribution in [0.25, 0.3) is 6.08 Å². The number of hydrogen-bond acceptors (Lipinski definition) is 5. The minimum atomic E-state index is -3.53. The first-order valence-corrected chi connectivity index (χ1v) is 12.5. The first-order valence-electron chi connectivity index (χ1n) is 11.1. The molecule has 7 nitrogen and oxygen atoms in total. The minimum Gasteiger partial charge on any atom is -0.379 e. The number of ether oxygens (including phenoxy) is 1. The second kappa shape index (κ2) is 10.5. The van der Waals surface area contributed by atoms with Gasteiger partial charge in [-0.25, -0.2) is 12.8 Å². The van der Waals surface area contributed by atoms with E-state index in [9.17, 15) is 17.6 Å². The average molecular weight is 474 g/mol. The number of carbonyl (C=O) groups excluding carboxylic acids is 1. The van der Waals surface area contributed by atoms with Crippen LogP contribution in [0.15, 0.2) is 59.5 Å². The molecule has 4 rings (SSSR count). The average Bonchev–Trinajstić information content (AvgIpc) is 3.32. The summed E-state index contributed by atoms with van der Waals surface area (Å²) in [5.41, 5.74) is 1.73. The van der Waals surface area contributed by atoms with Gasteiger partial charge in [0.05, 0.1) is 18.1 Å². The summed E-state index contributed by atoms with van der Waals surface area (Å²) in [4.78, 5) is 14.7. The third kappa shape index (κ3) is 5.98. The van der Waals surface area contributed by atoms with Crippen molar-refractivity contribution in [3.8, 4) is 0 Å². The van der Waals surface area contributed by atoms with E-state index in [2.05, 4.69) is 10.2 Å². The molecule has 0 radical (unpaired) electrons. The molecule has 2 aliphatic rings. The summed E-state index contributed by atoms with van der Waals surface area (Å²) in [6.07, 6.45) is 4.08. The van der Waals surface area contributed by atoms with Crippen LogP contribution in [0.1, 0.15) is 12.0 Å². The Morgan fingerprint density at radius 1 is 1.06 bits per heavy atom. The van der Waals surface area contributed by atoms with Crippen molar-refractivity contribution in [2.75, 3.05) is 50.8 Å². The Bertz CT molecular complexity index is 1080.